The van der Waals surface area contributed by atoms with Crippen molar-refractivity contribution in [1.29, 1.82) is 0 Å². The quantitative estimate of drug-likeness (QED) is 0.462. The van der Waals surface area contributed by atoms with Gasteiger partial charge in [-0.25, -0.2) is 4.98 Å². The van der Waals surface area contributed by atoms with Gasteiger partial charge in [-0.15, -0.1) is 11.3 Å². The number of aromatic nitrogens is 2. The number of rotatable bonds is 3. The van der Waals surface area contributed by atoms with Crippen LogP contribution in [0.2, 0.25) is 0 Å². The SMILES string of the molecule is Cc1ccc(-c2csc3nc(/C(Cl)=C/c4ccc5c(c4)OCCO5)[nH]c(=O)c23)cc1. The lowest BCUT2D eigenvalue weighted by molar-refractivity contribution is 0.171. The molecule has 0 amide bonds. The maximum Gasteiger partial charge on any atom is 0.260 e. The summed E-state index contributed by atoms with van der Waals surface area (Å²) >= 11 is 7.93. The van der Waals surface area contributed by atoms with Gasteiger partial charge in [0.25, 0.3) is 5.56 Å². The standard InChI is InChI=1S/C23H17ClN2O3S/c1-13-2-5-15(6-3-13)16-12-30-23-20(16)22(27)25-21(26-23)17(24)10-14-4-7-18-19(11-14)29-9-8-28-18/h2-7,10-12H,8-9H2,1H3,(H,25,26,27)/b17-10-. The van der Waals surface area contributed by atoms with Gasteiger partial charge >= 0.3 is 0 Å². The highest BCUT2D eigenvalue weighted by Gasteiger charge is 2.15. The maximum absolute atomic E-state index is 12.9. The van der Waals surface area contributed by atoms with Crippen LogP contribution in [0.4, 0.5) is 0 Å². The van der Waals surface area contributed by atoms with E-state index in [4.69, 9.17) is 21.1 Å². The molecule has 0 fully saturated rings. The number of nitrogens with one attached hydrogen (secondary N) is 1. The number of fused-ring (bicyclic) bond motifs is 2. The molecule has 2 aromatic heterocycles. The van der Waals surface area contributed by atoms with E-state index >= 15 is 0 Å². The largest absolute Gasteiger partial charge is 0.486 e. The minimum Gasteiger partial charge on any atom is -0.486 e. The molecule has 0 radical (unpaired) electrons. The van der Waals surface area contributed by atoms with Crippen LogP contribution in [0.25, 0.3) is 32.5 Å². The fourth-order valence-electron chi connectivity index (χ4n) is 3.37. The van der Waals surface area contributed by atoms with E-state index in [0.29, 0.717) is 45.8 Å². The Labute approximate surface area is 181 Å². The number of benzene rings is 2. The minimum absolute atomic E-state index is 0.208. The molecule has 0 saturated heterocycles. The Bertz CT molecular complexity index is 1340. The van der Waals surface area contributed by atoms with Gasteiger partial charge < -0.3 is 14.5 Å². The second-order valence-corrected chi connectivity index (χ2v) is 8.27. The van der Waals surface area contributed by atoms with Crippen LogP contribution in [0.3, 0.4) is 0 Å². The van der Waals surface area contributed by atoms with E-state index < -0.39 is 0 Å². The molecule has 5 rings (SSSR count). The molecule has 0 aliphatic carbocycles. The molecule has 0 bridgehead atoms. The highest BCUT2D eigenvalue weighted by Crippen LogP contribution is 2.34. The first-order valence-corrected chi connectivity index (χ1v) is 10.7. The lowest BCUT2D eigenvalue weighted by Crippen LogP contribution is -2.15. The summed E-state index contributed by atoms with van der Waals surface area (Å²) in [5.74, 6) is 1.73. The van der Waals surface area contributed by atoms with E-state index in [1.807, 2.05) is 54.8 Å². The molecule has 7 heteroatoms. The number of ether oxygens (including phenoxy) is 2. The summed E-state index contributed by atoms with van der Waals surface area (Å²) in [6.07, 6.45) is 1.75. The number of thiophene rings is 1. The molecule has 5 nitrogen and oxygen atoms in total. The van der Waals surface area contributed by atoms with E-state index in [-0.39, 0.29) is 5.56 Å². The van der Waals surface area contributed by atoms with E-state index in [0.717, 1.165) is 16.7 Å². The van der Waals surface area contributed by atoms with Gasteiger partial charge in [0, 0.05) is 10.9 Å². The number of hydrogen-bond donors (Lipinski definition) is 1. The first kappa shape index (κ1) is 18.9. The summed E-state index contributed by atoms with van der Waals surface area (Å²) in [5, 5.41) is 2.88. The fourth-order valence-corrected chi connectivity index (χ4v) is 4.54. The molecule has 0 spiro atoms. The minimum atomic E-state index is -0.208. The van der Waals surface area contributed by atoms with E-state index in [1.54, 1.807) is 6.08 Å². The van der Waals surface area contributed by atoms with Crippen LogP contribution in [-0.2, 0) is 0 Å². The Balaban J connectivity index is 1.53. The molecule has 1 aliphatic heterocycles. The molecule has 4 aromatic rings. The number of aromatic amines is 1. The third-order valence-electron chi connectivity index (χ3n) is 4.89. The van der Waals surface area contributed by atoms with Gasteiger partial charge in [-0.1, -0.05) is 47.5 Å². The van der Waals surface area contributed by atoms with Crippen LogP contribution < -0.4 is 15.0 Å². The lowest BCUT2D eigenvalue weighted by Gasteiger charge is -2.18. The molecule has 0 unspecified atom stereocenters. The predicted octanol–water partition coefficient (Wildman–Crippen LogP) is 5.47. The second-order valence-electron chi connectivity index (χ2n) is 7.01. The van der Waals surface area contributed by atoms with Crippen molar-refractivity contribution >= 4 is 44.3 Å². The van der Waals surface area contributed by atoms with E-state index in [2.05, 4.69) is 9.97 Å². The van der Waals surface area contributed by atoms with Gasteiger partial charge in [-0.2, -0.15) is 0 Å². The van der Waals surface area contributed by atoms with Crippen molar-refractivity contribution in [2.45, 2.75) is 6.92 Å². The van der Waals surface area contributed by atoms with Crippen molar-refractivity contribution in [2.75, 3.05) is 13.2 Å². The van der Waals surface area contributed by atoms with Crippen LogP contribution in [0.1, 0.15) is 17.0 Å². The monoisotopic (exact) mass is 436 g/mol. The number of nitrogens with zero attached hydrogens (tertiary/aromatic N) is 1. The average molecular weight is 437 g/mol. The van der Waals surface area contributed by atoms with Gasteiger partial charge in [0.1, 0.15) is 18.0 Å². The summed E-state index contributed by atoms with van der Waals surface area (Å²) in [6.45, 7) is 3.09. The van der Waals surface area contributed by atoms with Crippen molar-refractivity contribution in [3.63, 3.8) is 0 Å². The molecule has 2 aromatic carbocycles. The summed E-state index contributed by atoms with van der Waals surface area (Å²) < 4.78 is 11.2. The highest BCUT2D eigenvalue weighted by atomic mass is 35.5. The summed E-state index contributed by atoms with van der Waals surface area (Å²) in [5.41, 5.74) is 3.66. The Morgan fingerprint density at radius 2 is 1.90 bits per heavy atom. The van der Waals surface area contributed by atoms with Crippen LogP contribution in [0, 0.1) is 6.92 Å². The third kappa shape index (κ3) is 3.49. The van der Waals surface area contributed by atoms with Crippen molar-refractivity contribution in [3.8, 4) is 22.6 Å². The van der Waals surface area contributed by atoms with E-state index in [1.165, 1.54) is 16.9 Å². The van der Waals surface area contributed by atoms with Crippen LogP contribution in [0.15, 0.2) is 52.6 Å². The molecule has 0 atom stereocenters. The average Bonchev–Trinajstić information content (AvgIpc) is 3.19. The molecular formula is C23H17ClN2O3S. The second kappa shape index (κ2) is 7.63. The normalized spacial score (nSPS) is 13.6. The van der Waals surface area contributed by atoms with Crippen LogP contribution in [0.5, 0.6) is 11.5 Å². The lowest BCUT2D eigenvalue weighted by atomic mass is 10.1. The Kier molecular flexibility index (Phi) is 4.81. The van der Waals surface area contributed by atoms with Gasteiger partial charge in [0.15, 0.2) is 17.3 Å². The van der Waals surface area contributed by atoms with Crippen molar-refractivity contribution in [1.82, 2.24) is 9.97 Å². The van der Waals surface area contributed by atoms with E-state index in [9.17, 15) is 4.79 Å². The molecule has 30 heavy (non-hydrogen) atoms. The molecular weight excluding hydrogens is 420 g/mol. The smallest absolute Gasteiger partial charge is 0.260 e. The zero-order valence-corrected chi connectivity index (χ0v) is 17.6. The highest BCUT2D eigenvalue weighted by molar-refractivity contribution is 7.17. The molecule has 3 heterocycles. The predicted molar refractivity (Wildman–Crippen MR) is 122 cm³/mol. The number of aryl methyl sites for hydroxylation is 1. The van der Waals surface area contributed by atoms with Crippen molar-refractivity contribution in [3.05, 3.63) is 75.1 Å². The van der Waals surface area contributed by atoms with Gasteiger partial charge in [0.2, 0.25) is 0 Å². The Hall–Kier alpha value is -3.09. The molecule has 1 aliphatic rings. The van der Waals surface area contributed by atoms with Gasteiger partial charge in [-0.05, 0) is 36.3 Å². The van der Waals surface area contributed by atoms with Crippen LogP contribution in [-0.4, -0.2) is 23.2 Å². The number of H-pyrrole nitrogens is 1. The number of hydrogen-bond acceptors (Lipinski definition) is 5. The van der Waals surface area contributed by atoms with Crippen molar-refractivity contribution in [2.24, 2.45) is 0 Å². The first-order valence-electron chi connectivity index (χ1n) is 9.44. The van der Waals surface area contributed by atoms with Crippen LogP contribution >= 0.6 is 22.9 Å². The molecule has 0 saturated carbocycles. The summed E-state index contributed by atoms with van der Waals surface area (Å²) in [4.78, 5) is 20.9. The summed E-state index contributed by atoms with van der Waals surface area (Å²) in [6, 6.07) is 13.7. The zero-order valence-electron chi connectivity index (χ0n) is 16.1. The zero-order chi connectivity index (χ0) is 20.7. The fraction of sp³-hybridized carbons (Fsp3) is 0.130. The number of halogens is 1. The topological polar surface area (TPSA) is 64.2 Å². The molecule has 1 N–H and O–H groups in total. The maximum atomic E-state index is 12.9. The Morgan fingerprint density at radius 3 is 2.70 bits per heavy atom. The molecule has 150 valence electrons. The van der Waals surface area contributed by atoms with Crippen molar-refractivity contribution < 1.29 is 9.47 Å². The van der Waals surface area contributed by atoms with Gasteiger partial charge in [-0.3, -0.25) is 4.79 Å². The van der Waals surface area contributed by atoms with Gasteiger partial charge in [0.05, 0.1) is 10.4 Å². The first-order chi connectivity index (χ1) is 14.6. The Morgan fingerprint density at radius 1 is 1.13 bits per heavy atom. The summed E-state index contributed by atoms with van der Waals surface area (Å²) in [7, 11) is 0. The third-order valence-corrected chi connectivity index (χ3v) is 6.05.